The van der Waals surface area contributed by atoms with Gasteiger partial charge in [-0.05, 0) is 74.9 Å². The molecule has 0 saturated heterocycles. The molecule has 2 aromatic rings. The smallest absolute Gasteiger partial charge is 0.271 e. The first-order chi connectivity index (χ1) is 15.3. The summed E-state index contributed by atoms with van der Waals surface area (Å²) in [4.78, 5) is 21.6. The van der Waals surface area contributed by atoms with Crippen LogP contribution in [0.1, 0.15) is 65.0 Å². The molecule has 2 N–H and O–H groups in total. The van der Waals surface area contributed by atoms with Crippen molar-refractivity contribution in [2.75, 3.05) is 5.32 Å². The highest BCUT2D eigenvalue weighted by Crippen LogP contribution is 2.67. The van der Waals surface area contributed by atoms with Crippen molar-refractivity contribution in [1.82, 2.24) is 15.3 Å². The van der Waals surface area contributed by atoms with E-state index in [1.165, 1.54) is 6.08 Å². The topological polar surface area (TPSA) is 124 Å². The highest BCUT2D eigenvalue weighted by atomic mass is 16.5. The second kappa shape index (κ2) is 6.80. The molecule has 1 aromatic carbocycles. The lowest BCUT2D eigenvalue weighted by atomic mass is 9.40. The van der Waals surface area contributed by atoms with Gasteiger partial charge in [0, 0.05) is 11.6 Å². The zero-order valence-corrected chi connectivity index (χ0v) is 18.1. The van der Waals surface area contributed by atoms with Crippen molar-refractivity contribution >= 4 is 17.9 Å². The second-order valence-electron chi connectivity index (χ2n) is 9.19. The fraction of sp³-hybridized carbons (Fsp3) is 0.375. The molecule has 0 radical (unpaired) electrons. The Morgan fingerprint density at radius 1 is 1.22 bits per heavy atom. The maximum atomic E-state index is 12.5. The number of rotatable bonds is 5. The SMILES string of the molecule is Cc1cc(/C=C/C#N)cc(C)c1Oc1nc(NC23CC(C#N)(C2)C3)nc2c1[C@H](C)NC2=O. The third-order valence-electron chi connectivity index (χ3n) is 6.58. The number of fused-ring (bicyclic) bond motifs is 1. The predicted molar refractivity (Wildman–Crippen MR) is 117 cm³/mol. The third kappa shape index (κ3) is 2.99. The highest BCUT2D eigenvalue weighted by Gasteiger charge is 2.69. The van der Waals surface area contributed by atoms with E-state index in [0.717, 1.165) is 36.0 Å². The first-order valence-corrected chi connectivity index (χ1v) is 10.5. The summed E-state index contributed by atoms with van der Waals surface area (Å²) >= 11 is 0. The van der Waals surface area contributed by atoms with Crippen molar-refractivity contribution in [3.8, 4) is 23.8 Å². The van der Waals surface area contributed by atoms with Crippen LogP contribution in [-0.4, -0.2) is 21.4 Å². The monoisotopic (exact) mass is 426 g/mol. The zero-order valence-electron chi connectivity index (χ0n) is 18.1. The Morgan fingerprint density at radius 3 is 2.53 bits per heavy atom. The molecule has 2 heterocycles. The molecule has 3 fully saturated rings. The highest BCUT2D eigenvalue weighted by molar-refractivity contribution is 5.98. The summed E-state index contributed by atoms with van der Waals surface area (Å²) in [5.74, 6) is 1.10. The van der Waals surface area contributed by atoms with Crippen LogP contribution in [0.15, 0.2) is 18.2 Å². The number of amides is 1. The summed E-state index contributed by atoms with van der Waals surface area (Å²) in [5.41, 5.74) is 3.28. The average molecular weight is 426 g/mol. The molecule has 1 atom stereocenters. The molecule has 8 nitrogen and oxygen atoms in total. The lowest BCUT2D eigenvalue weighted by molar-refractivity contribution is -0.0665. The molecule has 0 unspecified atom stereocenters. The Bertz CT molecular complexity index is 1240. The van der Waals surface area contributed by atoms with Crippen molar-refractivity contribution in [2.24, 2.45) is 5.41 Å². The standard InChI is InChI=1S/C24H22N6O2/c1-13-7-16(5-4-6-25)8-14(2)19(13)32-21-17-15(3)27-20(31)18(17)28-22(29-21)30-24-9-23(10-24,11-24)12-26/h4-5,7-8,15H,9-11H2,1-3H3,(H,27,31)(H,28,29,30)/b5-4+/t15-,23?,24?/m0/s1. The number of aryl methyl sites for hydroxylation is 2. The van der Waals surface area contributed by atoms with Crippen LogP contribution in [-0.2, 0) is 0 Å². The summed E-state index contributed by atoms with van der Waals surface area (Å²) in [6.07, 6.45) is 5.49. The number of carbonyl (C=O) groups is 1. The van der Waals surface area contributed by atoms with Gasteiger partial charge >= 0.3 is 0 Å². The van der Waals surface area contributed by atoms with Gasteiger partial charge < -0.3 is 15.4 Å². The Kier molecular flexibility index (Phi) is 4.25. The van der Waals surface area contributed by atoms with Gasteiger partial charge in [-0.15, -0.1) is 0 Å². The number of ether oxygens (including phenoxy) is 1. The molecule has 6 rings (SSSR count). The number of nitriles is 2. The molecule has 8 heteroatoms. The summed E-state index contributed by atoms with van der Waals surface area (Å²) in [6, 6.07) is 8.00. The fourth-order valence-corrected chi connectivity index (χ4v) is 5.23. The number of anilines is 1. The van der Waals surface area contributed by atoms with E-state index in [4.69, 9.17) is 10.00 Å². The van der Waals surface area contributed by atoms with Crippen molar-refractivity contribution in [3.63, 3.8) is 0 Å². The van der Waals surface area contributed by atoms with Crippen LogP contribution in [0.4, 0.5) is 5.95 Å². The van der Waals surface area contributed by atoms with Gasteiger partial charge in [0.05, 0.1) is 29.2 Å². The molecular weight excluding hydrogens is 404 g/mol. The number of hydrogen-bond acceptors (Lipinski definition) is 7. The molecule has 1 amide bonds. The number of nitrogens with one attached hydrogen (secondary N) is 2. The quantitative estimate of drug-likeness (QED) is 0.690. The first kappa shape index (κ1) is 20.0. The molecule has 4 aliphatic rings. The zero-order chi connectivity index (χ0) is 22.7. The third-order valence-corrected chi connectivity index (χ3v) is 6.58. The van der Waals surface area contributed by atoms with Gasteiger partial charge in [0.1, 0.15) is 11.4 Å². The number of carbonyl (C=O) groups excluding carboxylic acids is 1. The van der Waals surface area contributed by atoms with Crippen LogP contribution in [0.5, 0.6) is 11.6 Å². The summed E-state index contributed by atoms with van der Waals surface area (Å²) in [6.45, 7) is 5.74. The normalized spacial score (nSPS) is 26.9. The van der Waals surface area contributed by atoms with E-state index < -0.39 is 0 Å². The van der Waals surface area contributed by atoms with E-state index >= 15 is 0 Å². The van der Waals surface area contributed by atoms with Crippen LogP contribution in [0.25, 0.3) is 6.08 Å². The molecule has 1 aliphatic heterocycles. The minimum atomic E-state index is -0.267. The molecular formula is C24H22N6O2. The van der Waals surface area contributed by atoms with Crippen LogP contribution in [0.3, 0.4) is 0 Å². The van der Waals surface area contributed by atoms with Crippen LogP contribution < -0.4 is 15.4 Å². The average Bonchev–Trinajstić information content (AvgIpc) is 2.98. The molecule has 3 saturated carbocycles. The maximum absolute atomic E-state index is 12.5. The minimum Gasteiger partial charge on any atom is -0.438 e. The van der Waals surface area contributed by atoms with E-state index in [1.54, 1.807) is 6.08 Å². The van der Waals surface area contributed by atoms with Crippen LogP contribution in [0.2, 0.25) is 0 Å². The fourth-order valence-electron chi connectivity index (χ4n) is 5.23. The van der Waals surface area contributed by atoms with Gasteiger partial charge in [0.15, 0.2) is 0 Å². The molecule has 2 bridgehead atoms. The van der Waals surface area contributed by atoms with Gasteiger partial charge in [-0.1, -0.05) is 0 Å². The van der Waals surface area contributed by atoms with E-state index in [0.29, 0.717) is 28.8 Å². The van der Waals surface area contributed by atoms with Gasteiger partial charge in [-0.2, -0.15) is 15.5 Å². The van der Waals surface area contributed by atoms with Crippen molar-refractivity contribution in [2.45, 2.75) is 51.6 Å². The van der Waals surface area contributed by atoms with Crippen molar-refractivity contribution in [1.29, 1.82) is 10.5 Å². The van der Waals surface area contributed by atoms with Gasteiger partial charge in [0.2, 0.25) is 11.8 Å². The van der Waals surface area contributed by atoms with E-state index in [2.05, 4.69) is 26.7 Å². The van der Waals surface area contributed by atoms with Crippen LogP contribution in [0, 0.1) is 41.9 Å². The molecule has 3 aliphatic carbocycles. The maximum Gasteiger partial charge on any atom is 0.271 e. The molecule has 1 aromatic heterocycles. The summed E-state index contributed by atoms with van der Waals surface area (Å²) in [5, 5.41) is 24.3. The number of allylic oxidation sites excluding steroid dienone is 1. The van der Waals surface area contributed by atoms with E-state index in [-0.39, 0.29) is 22.9 Å². The Balaban J connectivity index is 1.50. The number of aromatic nitrogens is 2. The predicted octanol–water partition coefficient (Wildman–Crippen LogP) is 4.09. The lowest BCUT2D eigenvalue weighted by Gasteiger charge is -2.66. The summed E-state index contributed by atoms with van der Waals surface area (Å²) < 4.78 is 6.30. The molecule has 0 spiro atoms. The van der Waals surface area contributed by atoms with E-state index in [9.17, 15) is 10.1 Å². The first-order valence-electron chi connectivity index (χ1n) is 10.5. The number of nitrogens with zero attached hydrogens (tertiary/aromatic N) is 4. The minimum absolute atomic E-state index is 0.164. The Hall–Kier alpha value is -3.91. The lowest BCUT2D eigenvalue weighted by Crippen LogP contribution is -2.70. The largest absolute Gasteiger partial charge is 0.438 e. The van der Waals surface area contributed by atoms with Gasteiger partial charge in [-0.25, -0.2) is 4.98 Å². The van der Waals surface area contributed by atoms with Crippen molar-refractivity contribution < 1.29 is 9.53 Å². The van der Waals surface area contributed by atoms with Gasteiger partial charge in [-0.3, -0.25) is 4.79 Å². The van der Waals surface area contributed by atoms with Gasteiger partial charge in [0.25, 0.3) is 5.91 Å². The van der Waals surface area contributed by atoms with Crippen molar-refractivity contribution in [3.05, 3.63) is 46.2 Å². The Labute approximate surface area is 185 Å². The van der Waals surface area contributed by atoms with Crippen LogP contribution >= 0.6 is 0 Å². The van der Waals surface area contributed by atoms with E-state index in [1.807, 2.05) is 39.0 Å². The number of hydrogen-bond donors (Lipinski definition) is 2. The number of benzene rings is 1. The molecule has 160 valence electrons. The Morgan fingerprint density at radius 2 is 1.91 bits per heavy atom. The summed E-state index contributed by atoms with van der Waals surface area (Å²) in [7, 11) is 0. The second-order valence-corrected chi connectivity index (χ2v) is 9.19. The molecule has 32 heavy (non-hydrogen) atoms.